The first-order chi connectivity index (χ1) is 19.8. The molecule has 5 aromatic rings. The molecule has 5 heterocycles. The molecule has 0 spiro atoms. The molecule has 5 heteroatoms. The third kappa shape index (κ3) is 4.29. The van der Waals surface area contributed by atoms with E-state index in [0.717, 1.165) is 78.9 Å². The first kappa shape index (κ1) is 23.6. The van der Waals surface area contributed by atoms with Crippen LogP contribution in [0.2, 0.25) is 0 Å². The molecule has 190 valence electrons. The van der Waals surface area contributed by atoms with Gasteiger partial charge in [0.1, 0.15) is 6.29 Å². The lowest BCUT2D eigenvalue weighted by Crippen LogP contribution is -1.87. The molecule has 2 aromatic carbocycles. The molecule has 5 nitrogen and oxygen atoms in total. The summed E-state index contributed by atoms with van der Waals surface area (Å²) in [5.41, 5.74) is 12.0. The number of carbonyl (C=O) groups excluding carboxylic acids is 1. The van der Waals surface area contributed by atoms with Crippen molar-refractivity contribution < 1.29 is 4.79 Å². The van der Waals surface area contributed by atoms with Crippen molar-refractivity contribution in [3.63, 3.8) is 0 Å². The maximum atomic E-state index is 11.4. The Balaban J connectivity index is 1.64. The van der Waals surface area contributed by atoms with Crippen LogP contribution in [0.15, 0.2) is 97.1 Å². The van der Waals surface area contributed by atoms with E-state index in [4.69, 9.17) is 9.97 Å². The highest BCUT2D eigenvalue weighted by molar-refractivity contribution is 5.95. The van der Waals surface area contributed by atoms with Crippen molar-refractivity contribution in [1.82, 2.24) is 19.9 Å². The monoisotopic (exact) mass is 516 g/mol. The molecule has 0 atom stereocenters. The van der Waals surface area contributed by atoms with Gasteiger partial charge in [0.25, 0.3) is 0 Å². The lowest BCUT2D eigenvalue weighted by atomic mass is 10.0. The maximum absolute atomic E-state index is 11.4. The van der Waals surface area contributed by atoms with Crippen LogP contribution in [0.1, 0.15) is 28.3 Å². The van der Waals surface area contributed by atoms with Crippen molar-refractivity contribution in [2.24, 2.45) is 0 Å². The van der Waals surface area contributed by atoms with E-state index in [9.17, 15) is 4.79 Å². The SMILES string of the molecule is O=CC=Cc1c2nc(c(-c3ccccc3)c3ccc(cc4nc(c(-c5ccccc5)c5ccc1[nH]5)C=C4)[nH]3)C=C2. The lowest BCUT2D eigenvalue weighted by Gasteiger charge is -2.04. The van der Waals surface area contributed by atoms with Gasteiger partial charge in [-0.2, -0.15) is 0 Å². The minimum atomic E-state index is 0.773. The van der Waals surface area contributed by atoms with Crippen LogP contribution >= 0.6 is 0 Å². The molecule has 0 saturated carbocycles. The third-order valence-electron chi connectivity index (χ3n) is 7.08. The molecule has 2 aliphatic heterocycles. The van der Waals surface area contributed by atoms with E-state index in [2.05, 4.69) is 64.6 Å². The van der Waals surface area contributed by atoms with E-state index < -0.39 is 0 Å². The van der Waals surface area contributed by atoms with Gasteiger partial charge in [-0.15, -0.1) is 0 Å². The zero-order chi connectivity index (χ0) is 26.9. The van der Waals surface area contributed by atoms with Gasteiger partial charge >= 0.3 is 0 Å². The van der Waals surface area contributed by atoms with E-state index in [1.807, 2.05) is 66.8 Å². The number of fused-ring (bicyclic) bond motifs is 8. The van der Waals surface area contributed by atoms with E-state index in [1.54, 1.807) is 0 Å². The van der Waals surface area contributed by atoms with Crippen molar-refractivity contribution in [3.05, 3.63) is 125 Å². The van der Waals surface area contributed by atoms with Crippen molar-refractivity contribution in [2.45, 2.75) is 0 Å². The number of hydrogen-bond acceptors (Lipinski definition) is 3. The van der Waals surface area contributed by atoms with Gasteiger partial charge in [0, 0.05) is 38.8 Å². The number of allylic oxidation sites excluding steroid dienone is 1. The molecule has 40 heavy (non-hydrogen) atoms. The zero-order valence-corrected chi connectivity index (χ0v) is 21.5. The minimum Gasteiger partial charge on any atom is -0.355 e. The molecule has 8 bridgehead atoms. The van der Waals surface area contributed by atoms with Gasteiger partial charge in [0.15, 0.2) is 0 Å². The van der Waals surface area contributed by atoms with E-state index in [-0.39, 0.29) is 0 Å². The van der Waals surface area contributed by atoms with Gasteiger partial charge in [-0.3, -0.25) is 4.79 Å². The smallest absolute Gasteiger partial charge is 0.142 e. The number of nitrogens with one attached hydrogen (secondary N) is 2. The van der Waals surface area contributed by atoms with Gasteiger partial charge in [0.05, 0.1) is 22.8 Å². The Morgan fingerprint density at radius 3 is 1.90 bits per heavy atom. The van der Waals surface area contributed by atoms with Gasteiger partial charge < -0.3 is 9.97 Å². The highest BCUT2D eigenvalue weighted by Gasteiger charge is 2.14. The van der Waals surface area contributed by atoms with E-state index in [1.165, 1.54) is 6.08 Å². The molecule has 0 saturated heterocycles. The van der Waals surface area contributed by atoms with Crippen molar-refractivity contribution >= 4 is 58.7 Å². The Labute approximate surface area is 230 Å². The Kier molecular flexibility index (Phi) is 5.87. The van der Waals surface area contributed by atoms with Crippen molar-refractivity contribution in [1.29, 1.82) is 0 Å². The largest absolute Gasteiger partial charge is 0.355 e. The first-order valence-corrected chi connectivity index (χ1v) is 13.1. The molecule has 0 amide bonds. The number of nitrogens with zero attached hydrogens (tertiary/aromatic N) is 2. The lowest BCUT2D eigenvalue weighted by molar-refractivity contribution is -0.104. The summed E-state index contributed by atoms with van der Waals surface area (Å²) in [6, 6.07) is 30.8. The fraction of sp³-hybridized carbons (Fsp3) is 0. The van der Waals surface area contributed by atoms with Crippen LogP contribution < -0.4 is 0 Å². The Morgan fingerprint density at radius 2 is 1.18 bits per heavy atom. The number of benzene rings is 2. The van der Waals surface area contributed by atoms with Crippen molar-refractivity contribution in [2.75, 3.05) is 0 Å². The molecule has 0 aliphatic carbocycles. The van der Waals surface area contributed by atoms with Gasteiger partial charge in [-0.25, -0.2) is 9.97 Å². The number of aldehydes is 1. The molecular formula is C35H24N4O. The van der Waals surface area contributed by atoms with Crippen LogP contribution in [0.4, 0.5) is 0 Å². The average molecular weight is 517 g/mol. The van der Waals surface area contributed by atoms with Crippen LogP contribution in [0, 0.1) is 0 Å². The predicted molar refractivity (Wildman–Crippen MR) is 165 cm³/mol. The summed E-state index contributed by atoms with van der Waals surface area (Å²) in [6.07, 6.45) is 12.2. The Morgan fingerprint density at radius 1 is 0.575 bits per heavy atom. The fourth-order valence-corrected chi connectivity index (χ4v) is 5.29. The fourth-order valence-electron chi connectivity index (χ4n) is 5.29. The molecule has 0 unspecified atom stereocenters. The molecule has 7 rings (SSSR count). The molecule has 2 aliphatic rings. The van der Waals surface area contributed by atoms with Crippen LogP contribution in [-0.4, -0.2) is 26.2 Å². The van der Waals surface area contributed by atoms with Gasteiger partial charge in [-0.1, -0.05) is 60.7 Å². The summed E-state index contributed by atoms with van der Waals surface area (Å²) in [5, 5.41) is 0. The summed E-state index contributed by atoms with van der Waals surface area (Å²) < 4.78 is 0. The second kappa shape index (κ2) is 9.97. The van der Waals surface area contributed by atoms with E-state index in [0.29, 0.717) is 0 Å². The molecule has 0 radical (unpaired) electrons. The van der Waals surface area contributed by atoms with E-state index >= 15 is 0 Å². The number of aromatic amines is 2. The highest BCUT2D eigenvalue weighted by atomic mass is 16.1. The standard InChI is InChI=1S/C35H24N4O/c40-21-7-12-27-28-17-19-32(38-28)34(23-8-3-1-4-9-23)30-15-13-25(36-30)22-26-14-16-31(37-26)35(24-10-5-2-6-11-24)33-20-18-29(27)39-33/h1-22,36,39H. The second-order valence-corrected chi connectivity index (χ2v) is 9.62. The van der Waals surface area contributed by atoms with Crippen molar-refractivity contribution in [3.8, 4) is 22.3 Å². The summed E-state index contributed by atoms with van der Waals surface area (Å²) in [6.45, 7) is 0. The predicted octanol–water partition coefficient (Wildman–Crippen LogP) is 8.20. The molecule has 2 N–H and O–H groups in total. The topological polar surface area (TPSA) is 74.4 Å². The summed E-state index contributed by atoms with van der Waals surface area (Å²) in [7, 11) is 0. The molecular weight excluding hydrogens is 492 g/mol. The first-order valence-electron chi connectivity index (χ1n) is 13.1. The third-order valence-corrected chi connectivity index (χ3v) is 7.08. The maximum Gasteiger partial charge on any atom is 0.142 e. The quantitative estimate of drug-likeness (QED) is 0.183. The number of carbonyl (C=O) groups is 1. The average Bonchev–Trinajstić information content (AvgIpc) is 3.81. The Hall–Kier alpha value is -5.55. The van der Waals surface area contributed by atoms with Crippen LogP contribution in [0.25, 0.3) is 74.7 Å². The van der Waals surface area contributed by atoms with Crippen LogP contribution in [-0.2, 0) is 4.79 Å². The number of aromatic nitrogens is 4. The van der Waals surface area contributed by atoms with Crippen LogP contribution in [0.5, 0.6) is 0 Å². The number of hydrogen-bond donors (Lipinski definition) is 2. The summed E-state index contributed by atoms with van der Waals surface area (Å²) in [4.78, 5) is 28.6. The minimum absolute atomic E-state index is 0.773. The number of H-pyrrole nitrogens is 2. The normalized spacial score (nSPS) is 12.3. The second-order valence-electron chi connectivity index (χ2n) is 9.62. The highest BCUT2D eigenvalue weighted by Crippen LogP contribution is 2.33. The van der Waals surface area contributed by atoms with Crippen LogP contribution in [0.3, 0.4) is 0 Å². The molecule has 0 fully saturated rings. The van der Waals surface area contributed by atoms with Gasteiger partial charge in [0.2, 0.25) is 0 Å². The Bertz CT molecular complexity index is 1970. The summed E-state index contributed by atoms with van der Waals surface area (Å²) >= 11 is 0. The summed E-state index contributed by atoms with van der Waals surface area (Å²) in [5.74, 6) is 0. The van der Waals surface area contributed by atoms with Gasteiger partial charge in [-0.05, 0) is 77.9 Å². The molecule has 3 aromatic heterocycles. The number of rotatable bonds is 4. The zero-order valence-electron chi connectivity index (χ0n) is 21.5.